The monoisotopic (exact) mass is 208 g/mol. The van der Waals surface area contributed by atoms with Gasteiger partial charge in [0.2, 0.25) is 0 Å². The standard InChI is InChI=1S/C10H8O3S/c1-5-2-3-7-6(4-8(11)14-7)9(5)10(12)13/h2-4,11H,1H3,(H,12,13). The van der Waals surface area contributed by atoms with Crippen LogP contribution in [-0.2, 0) is 0 Å². The topological polar surface area (TPSA) is 57.5 Å². The summed E-state index contributed by atoms with van der Waals surface area (Å²) in [7, 11) is 0. The van der Waals surface area contributed by atoms with Crippen molar-refractivity contribution in [1.29, 1.82) is 0 Å². The summed E-state index contributed by atoms with van der Waals surface area (Å²) in [5, 5.41) is 19.0. The molecule has 0 radical (unpaired) electrons. The van der Waals surface area contributed by atoms with Crippen molar-refractivity contribution in [2.75, 3.05) is 0 Å². The third-order valence-corrected chi connectivity index (χ3v) is 3.01. The number of rotatable bonds is 1. The van der Waals surface area contributed by atoms with Gasteiger partial charge in [0.05, 0.1) is 5.56 Å². The maximum absolute atomic E-state index is 11.0. The van der Waals surface area contributed by atoms with Crippen LogP contribution in [0.15, 0.2) is 18.2 Å². The summed E-state index contributed by atoms with van der Waals surface area (Å²) in [4.78, 5) is 11.0. The van der Waals surface area contributed by atoms with Gasteiger partial charge in [0.15, 0.2) is 5.06 Å². The molecule has 0 atom stereocenters. The number of aromatic carboxylic acids is 1. The van der Waals surface area contributed by atoms with E-state index in [1.165, 1.54) is 17.4 Å². The van der Waals surface area contributed by atoms with Crippen LogP contribution in [0, 0.1) is 6.92 Å². The van der Waals surface area contributed by atoms with Crippen molar-refractivity contribution in [3.63, 3.8) is 0 Å². The Morgan fingerprint density at radius 1 is 1.43 bits per heavy atom. The first-order valence-corrected chi connectivity index (χ1v) is 4.86. The van der Waals surface area contributed by atoms with E-state index in [9.17, 15) is 9.90 Å². The number of carboxylic acid groups (broad SMARTS) is 1. The first kappa shape index (κ1) is 9.02. The second-order valence-electron chi connectivity index (χ2n) is 3.06. The lowest BCUT2D eigenvalue weighted by molar-refractivity contribution is 0.0698. The van der Waals surface area contributed by atoms with Crippen LogP contribution in [-0.4, -0.2) is 16.2 Å². The molecule has 0 aliphatic rings. The van der Waals surface area contributed by atoms with Crippen molar-refractivity contribution in [3.05, 3.63) is 29.3 Å². The van der Waals surface area contributed by atoms with Crippen LogP contribution >= 0.6 is 11.3 Å². The van der Waals surface area contributed by atoms with Gasteiger partial charge < -0.3 is 10.2 Å². The van der Waals surface area contributed by atoms with E-state index in [1.54, 1.807) is 13.0 Å². The van der Waals surface area contributed by atoms with Crippen molar-refractivity contribution in [1.82, 2.24) is 0 Å². The summed E-state index contributed by atoms with van der Waals surface area (Å²) in [5.74, 6) is -0.953. The zero-order valence-corrected chi connectivity index (χ0v) is 8.26. The molecule has 14 heavy (non-hydrogen) atoms. The lowest BCUT2D eigenvalue weighted by atomic mass is 10.1. The molecule has 1 aromatic heterocycles. The number of benzene rings is 1. The minimum atomic E-state index is -0.953. The fourth-order valence-electron chi connectivity index (χ4n) is 1.49. The SMILES string of the molecule is Cc1ccc2sc(O)cc2c1C(=O)O. The molecule has 2 rings (SSSR count). The molecule has 0 aliphatic heterocycles. The van der Waals surface area contributed by atoms with E-state index in [2.05, 4.69) is 0 Å². The first-order chi connectivity index (χ1) is 6.59. The lowest BCUT2D eigenvalue weighted by Gasteiger charge is -2.00. The molecule has 0 saturated carbocycles. The fourth-order valence-corrected chi connectivity index (χ4v) is 2.30. The van der Waals surface area contributed by atoms with Gasteiger partial charge in [-0.15, -0.1) is 0 Å². The van der Waals surface area contributed by atoms with Crippen molar-refractivity contribution >= 4 is 27.4 Å². The maximum atomic E-state index is 11.0. The van der Waals surface area contributed by atoms with Crippen LogP contribution in [0.5, 0.6) is 5.06 Å². The number of thiophene rings is 1. The number of aromatic hydroxyl groups is 1. The minimum Gasteiger partial charge on any atom is -0.499 e. The largest absolute Gasteiger partial charge is 0.499 e. The summed E-state index contributed by atoms with van der Waals surface area (Å²) < 4.78 is 0.797. The number of fused-ring (bicyclic) bond motifs is 1. The maximum Gasteiger partial charge on any atom is 0.336 e. The average Bonchev–Trinajstić information content (AvgIpc) is 2.43. The van der Waals surface area contributed by atoms with Crippen LogP contribution < -0.4 is 0 Å². The highest BCUT2D eigenvalue weighted by molar-refractivity contribution is 7.20. The van der Waals surface area contributed by atoms with Gasteiger partial charge in [0.1, 0.15) is 0 Å². The minimum absolute atomic E-state index is 0.146. The quantitative estimate of drug-likeness (QED) is 0.757. The van der Waals surface area contributed by atoms with E-state index < -0.39 is 5.97 Å². The Balaban J connectivity index is 2.88. The molecule has 4 heteroatoms. The molecule has 3 nitrogen and oxygen atoms in total. The molecule has 0 spiro atoms. The normalized spacial score (nSPS) is 10.6. The van der Waals surface area contributed by atoms with E-state index in [4.69, 9.17) is 5.11 Å². The Kier molecular flexibility index (Phi) is 1.93. The van der Waals surface area contributed by atoms with Crippen molar-refractivity contribution in [3.8, 4) is 5.06 Å². The number of hydrogen-bond donors (Lipinski definition) is 2. The molecule has 2 aromatic rings. The molecule has 1 heterocycles. The number of carboxylic acids is 1. The molecular weight excluding hydrogens is 200 g/mol. The van der Waals surface area contributed by atoms with Crippen molar-refractivity contribution < 1.29 is 15.0 Å². The Morgan fingerprint density at radius 3 is 2.79 bits per heavy atom. The highest BCUT2D eigenvalue weighted by Crippen LogP contribution is 2.33. The fraction of sp³-hybridized carbons (Fsp3) is 0.100. The van der Waals surface area contributed by atoms with Gasteiger partial charge in [-0.1, -0.05) is 17.4 Å². The molecular formula is C10H8O3S. The number of aryl methyl sites for hydroxylation is 1. The average molecular weight is 208 g/mol. The first-order valence-electron chi connectivity index (χ1n) is 4.05. The predicted octanol–water partition coefficient (Wildman–Crippen LogP) is 2.61. The smallest absolute Gasteiger partial charge is 0.336 e. The third kappa shape index (κ3) is 1.24. The van der Waals surface area contributed by atoms with Gasteiger partial charge in [-0.25, -0.2) is 4.79 Å². The van der Waals surface area contributed by atoms with Crippen LogP contribution in [0.25, 0.3) is 10.1 Å². The second kappa shape index (κ2) is 2.99. The Morgan fingerprint density at radius 2 is 2.14 bits per heavy atom. The van der Waals surface area contributed by atoms with E-state index in [0.717, 1.165) is 4.70 Å². The van der Waals surface area contributed by atoms with Crippen LogP contribution in [0.2, 0.25) is 0 Å². The van der Waals surface area contributed by atoms with E-state index in [-0.39, 0.29) is 10.6 Å². The van der Waals surface area contributed by atoms with E-state index in [1.807, 2.05) is 6.07 Å². The van der Waals surface area contributed by atoms with Gasteiger partial charge in [0.25, 0.3) is 0 Å². The van der Waals surface area contributed by atoms with Crippen molar-refractivity contribution in [2.45, 2.75) is 6.92 Å². The molecule has 72 valence electrons. The molecule has 2 N–H and O–H groups in total. The second-order valence-corrected chi connectivity index (χ2v) is 4.12. The van der Waals surface area contributed by atoms with Crippen molar-refractivity contribution in [2.24, 2.45) is 0 Å². The van der Waals surface area contributed by atoms with Gasteiger partial charge in [-0.2, -0.15) is 0 Å². The van der Waals surface area contributed by atoms with Gasteiger partial charge in [0, 0.05) is 16.2 Å². The molecule has 0 amide bonds. The van der Waals surface area contributed by atoms with E-state index in [0.29, 0.717) is 10.9 Å². The van der Waals surface area contributed by atoms with E-state index >= 15 is 0 Å². The zero-order valence-electron chi connectivity index (χ0n) is 7.44. The van der Waals surface area contributed by atoms with Gasteiger partial charge in [-0.3, -0.25) is 0 Å². The summed E-state index contributed by atoms with van der Waals surface area (Å²) in [6.07, 6.45) is 0. The van der Waals surface area contributed by atoms with Crippen LogP contribution in [0.1, 0.15) is 15.9 Å². The summed E-state index contributed by atoms with van der Waals surface area (Å²) in [6.45, 7) is 1.75. The highest BCUT2D eigenvalue weighted by Gasteiger charge is 2.13. The number of hydrogen-bond acceptors (Lipinski definition) is 3. The van der Waals surface area contributed by atoms with Gasteiger partial charge in [-0.05, 0) is 18.6 Å². The molecule has 0 fully saturated rings. The molecule has 0 saturated heterocycles. The van der Waals surface area contributed by atoms with Crippen LogP contribution in [0.4, 0.5) is 0 Å². The Labute approximate surface area is 84.2 Å². The van der Waals surface area contributed by atoms with Crippen LogP contribution in [0.3, 0.4) is 0 Å². The highest BCUT2D eigenvalue weighted by atomic mass is 32.1. The molecule has 1 aromatic carbocycles. The third-order valence-electron chi connectivity index (χ3n) is 2.11. The lowest BCUT2D eigenvalue weighted by Crippen LogP contribution is -1.99. The Bertz CT molecular complexity index is 513. The Hall–Kier alpha value is -1.55. The summed E-state index contributed by atoms with van der Waals surface area (Å²) >= 11 is 1.18. The number of carbonyl (C=O) groups is 1. The predicted molar refractivity (Wildman–Crippen MR) is 55.2 cm³/mol. The van der Waals surface area contributed by atoms with Gasteiger partial charge >= 0.3 is 5.97 Å². The zero-order chi connectivity index (χ0) is 10.3. The summed E-state index contributed by atoms with van der Waals surface area (Å²) in [5.41, 5.74) is 0.988. The molecule has 0 aliphatic carbocycles. The summed E-state index contributed by atoms with van der Waals surface area (Å²) in [6, 6.07) is 5.07. The molecule has 0 unspecified atom stereocenters. The molecule has 0 bridgehead atoms.